The molecule has 1 rings (SSSR count). The van der Waals surface area contributed by atoms with E-state index in [9.17, 15) is 0 Å². The summed E-state index contributed by atoms with van der Waals surface area (Å²) in [6.07, 6.45) is 2.19. The van der Waals surface area contributed by atoms with Crippen molar-refractivity contribution in [3.63, 3.8) is 0 Å². The maximum Gasteiger partial charge on any atom is 0.0587 e. The van der Waals surface area contributed by atoms with E-state index in [2.05, 4.69) is 42.6 Å². The molecule has 0 aliphatic carbocycles. The molecule has 0 saturated heterocycles. The summed E-state index contributed by atoms with van der Waals surface area (Å²) in [6, 6.07) is 10.4. The third-order valence-electron chi connectivity index (χ3n) is 2.10. The van der Waals surface area contributed by atoms with Gasteiger partial charge in [-0.05, 0) is 12.5 Å². The molecule has 2 heteroatoms. The van der Waals surface area contributed by atoms with E-state index in [1.807, 2.05) is 6.07 Å². The van der Waals surface area contributed by atoms with E-state index in [1.165, 1.54) is 11.1 Å². The Morgan fingerprint density at radius 2 is 2.07 bits per heavy atom. The fourth-order valence-corrected chi connectivity index (χ4v) is 1.34. The Kier molecular flexibility index (Phi) is 5.74. The van der Waals surface area contributed by atoms with Gasteiger partial charge in [0.25, 0.3) is 0 Å². The van der Waals surface area contributed by atoms with E-state index in [0.717, 1.165) is 19.7 Å². The Hall–Kier alpha value is -1.12. The minimum atomic E-state index is 0.763. The monoisotopic (exact) mass is 205 g/mol. The van der Waals surface area contributed by atoms with Crippen molar-refractivity contribution in [3.8, 4) is 0 Å². The minimum absolute atomic E-state index is 0.763. The van der Waals surface area contributed by atoms with Crippen LogP contribution in [0.1, 0.15) is 12.5 Å². The molecule has 0 bridgehead atoms. The molecular weight excluding hydrogens is 186 g/mol. The second-order valence-corrected chi connectivity index (χ2v) is 3.57. The van der Waals surface area contributed by atoms with Gasteiger partial charge in [0.15, 0.2) is 0 Å². The highest BCUT2D eigenvalue weighted by Gasteiger charge is 1.91. The Labute approximate surface area is 92.0 Å². The molecule has 0 spiro atoms. The molecule has 0 atom stereocenters. The van der Waals surface area contributed by atoms with Crippen LogP contribution in [0.2, 0.25) is 0 Å². The highest BCUT2D eigenvalue weighted by molar-refractivity contribution is 5.52. The number of nitrogens with one attached hydrogen (secondary N) is 1. The zero-order valence-corrected chi connectivity index (χ0v) is 9.49. The molecule has 0 fully saturated rings. The average Bonchev–Trinajstić information content (AvgIpc) is 2.26. The molecule has 0 amide bonds. The predicted octanol–water partition coefficient (Wildman–Crippen LogP) is 2.33. The highest BCUT2D eigenvalue weighted by Crippen LogP contribution is 2.04. The van der Waals surface area contributed by atoms with Crippen LogP contribution in [0.4, 0.5) is 0 Å². The molecule has 1 aromatic carbocycles. The van der Waals surface area contributed by atoms with Crippen molar-refractivity contribution < 1.29 is 4.74 Å². The first-order chi connectivity index (χ1) is 7.33. The molecule has 0 unspecified atom stereocenters. The number of methoxy groups -OCH3 is 1. The summed E-state index contributed by atoms with van der Waals surface area (Å²) in [5, 5.41) is 3.31. The van der Waals surface area contributed by atoms with Gasteiger partial charge >= 0.3 is 0 Å². The zero-order chi connectivity index (χ0) is 10.9. The number of ether oxygens (including phenoxy) is 1. The van der Waals surface area contributed by atoms with Crippen LogP contribution in [0.3, 0.4) is 0 Å². The quantitative estimate of drug-likeness (QED) is 0.720. The summed E-state index contributed by atoms with van der Waals surface area (Å²) in [6.45, 7) is 4.71. The van der Waals surface area contributed by atoms with E-state index in [1.54, 1.807) is 7.11 Å². The lowest BCUT2D eigenvalue weighted by Crippen LogP contribution is -2.20. The van der Waals surface area contributed by atoms with Crippen molar-refractivity contribution in [1.82, 2.24) is 5.32 Å². The van der Waals surface area contributed by atoms with Crippen LogP contribution >= 0.6 is 0 Å². The van der Waals surface area contributed by atoms with Crippen molar-refractivity contribution in [2.24, 2.45) is 0 Å². The lowest BCUT2D eigenvalue weighted by atomic mass is 10.1. The molecule has 0 radical (unpaired) electrons. The summed E-state index contributed by atoms with van der Waals surface area (Å²) < 4.78 is 4.96. The first-order valence-corrected chi connectivity index (χ1v) is 5.25. The fraction of sp³-hybridized carbons (Fsp3) is 0.385. The van der Waals surface area contributed by atoms with E-state index in [0.29, 0.717) is 0 Å². The molecule has 15 heavy (non-hydrogen) atoms. The fourth-order valence-electron chi connectivity index (χ4n) is 1.34. The van der Waals surface area contributed by atoms with E-state index in [-0.39, 0.29) is 0 Å². The van der Waals surface area contributed by atoms with E-state index < -0.39 is 0 Å². The van der Waals surface area contributed by atoms with Crippen LogP contribution in [0.15, 0.2) is 35.9 Å². The van der Waals surface area contributed by atoms with Crippen LogP contribution in [-0.2, 0) is 4.74 Å². The van der Waals surface area contributed by atoms with Gasteiger partial charge in [0, 0.05) is 20.2 Å². The van der Waals surface area contributed by atoms with Crippen molar-refractivity contribution >= 4 is 6.08 Å². The highest BCUT2D eigenvalue weighted by atomic mass is 16.5. The molecule has 82 valence electrons. The molecule has 2 nitrogen and oxygen atoms in total. The average molecular weight is 205 g/mol. The van der Waals surface area contributed by atoms with Crippen LogP contribution in [0.5, 0.6) is 0 Å². The van der Waals surface area contributed by atoms with Crippen LogP contribution in [0.25, 0.3) is 6.08 Å². The largest absolute Gasteiger partial charge is 0.383 e. The number of hydrogen-bond donors (Lipinski definition) is 1. The Balaban J connectivity index is 2.33. The maximum atomic E-state index is 4.96. The van der Waals surface area contributed by atoms with Crippen molar-refractivity contribution in [3.05, 3.63) is 41.5 Å². The van der Waals surface area contributed by atoms with Gasteiger partial charge in [-0.1, -0.05) is 42.0 Å². The standard InChI is InChI=1S/C13H19NO/c1-12(11-14-8-9-15-2)10-13-6-4-3-5-7-13/h3-7,10,14H,8-9,11H2,1-2H3/b12-10+. The van der Waals surface area contributed by atoms with Crippen LogP contribution < -0.4 is 5.32 Å². The molecule has 0 aliphatic rings. The SMILES string of the molecule is COCCNC/C(C)=C/c1ccccc1. The van der Waals surface area contributed by atoms with Gasteiger partial charge in [-0.25, -0.2) is 0 Å². The second kappa shape index (κ2) is 7.21. The lowest BCUT2D eigenvalue weighted by molar-refractivity contribution is 0.200. The third kappa shape index (κ3) is 5.35. The van der Waals surface area contributed by atoms with Gasteiger partial charge in [0.1, 0.15) is 0 Å². The Bertz CT molecular complexity index is 293. The number of benzene rings is 1. The topological polar surface area (TPSA) is 21.3 Å². The first-order valence-electron chi connectivity index (χ1n) is 5.25. The third-order valence-corrected chi connectivity index (χ3v) is 2.10. The van der Waals surface area contributed by atoms with E-state index in [4.69, 9.17) is 4.74 Å². The number of rotatable bonds is 6. The van der Waals surface area contributed by atoms with Gasteiger partial charge in [-0.3, -0.25) is 0 Å². The lowest BCUT2D eigenvalue weighted by Gasteiger charge is -2.04. The van der Waals surface area contributed by atoms with Crippen LogP contribution in [0, 0.1) is 0 Å². The summed E-state index contributed by atoms with van der Waals surface area (Å²) >= 11 is 0. The molecule has 0 aliphatic heterocycles. The van der Waals surface area contributed by atoms with Crippen molar-refractivity contribution in [1.29, 1.82) is 0 Å². The molecule has 0 aromatic heterocycles. The minimum Gasteiger partial charge on any atom is -0.383 e. The van der Waals surface area contributed by atoms with Gasteiger partial charge in [0.2, 0.25) is 0 Å². The van der Waals surface area contributed by atoms with Crippen molar-refractivity contribution in [2.45, 2.75) is 6.92 Å². The molecule has 1 N–H and O–H groups in total. The Morgan fingerprint density at radius 1 is 1.33 bits per heavy atom. The molecular formula is C13H19NO. The summed E-state index contributed by atoms with van der Waals surface area (Å²) in [5.74, 6) is 0. The first kappa shape index (κ1) is 12.0. The summed E-state index contributed by atoms with van der Waals surface area (Å²) in [7, 11) is 1.72. The predicted molar refractivity (Wildman–Crippen MR) is 64.8 cm³/mol. The summed E-state index contributed by atoms with van der Waals surface area (Å²) in [4.78, 5) is 0. The summed E-state index contributed by atoms with van der Waals surface area (Å²) in [5.41, 5.74) is 2.58. The van der Waals surface area contributed by atoms with Crippen LogP contribution in [-0.4, -0.2) is 26.8 Å². The molecule has 1 aromatic rings. The van der Waals surface area contributed by atoms with Gasteiger partial charge in [-0.15, -0.1) is 0 Å². The van der Waals surface area contributed by atoms with Gasteiger partial charge in [0.05, 0.1) is 6.61 Å². The molecule has 0 saturated carbocycles. The van der Waals surface area contributed by atoms with Gasteiger partial charge < -0.3 is 10.1 Å². The smallest absolute Gasteiger partial charge is 0.0587 e. The zero-order valence-electron chi connectivity index (χ0n) is 9.49. The Morgan fingerprint density at radius 3 is 2.73 bits per heavy atom. The van der Waals surface area contributed by atoms with Crippen molar-refractivity contribution in [2.75, 3.05) is 26.8 Å². The van der Waals surface area contributed by atoms with E-state index >= 15 is 0 Å². The van der Waals surface area contributed by atoms with Gasteiger partial charge in [-0.2, -0.15) is 0 Å². The number of hydrogen-bond acceptors (Lipinski definition) is 2. The normalized spacial score (nSPS) is 11.7. The molecule has 0 heterocycles. The maximum absolute atomic E-state index is 4.96. The second-order valence-electron chi connectivity index (χ2n) is 3.57.